The van der Waals surface area contributed by atoms with Gasteiger partial charge < -0.3 is 0 Å². The van der Waals surface area contributed by atoms with E-state index in [1.165, 1.54) is 5.56 Å². The molecule has 0 spiro atoms. The van der Waals surface area contributed by atoms with E-state index in [9.17, 15) is 4.79 Å². The summed E-state index contributed by atoms with van der Waals surface area (Å²) >= 11 is 1.62. The van der Waals surface area contributed by atoms with E-state index < -0.39 is 0 Å². The molecule has 0 bridgehead atoms. The molecule has 152 valence electrons. The SMILES string of the molecule is C=CCn1nc(SCC(C)C)n2c(=O)c3c(nc12)-c1ccccc1C[C@]3(C)CC. The van der Waals surface area contributed by atoms with Crippen LogP contribution in [0.5, 0.6) is 0 Å². The fourth-order valence-electron chi connectivity index (χ4n) is 4.08. The Bertz CT molecular complexity index is 1140. The van der Waals surface area contributed by atoms with Crippen LogP contribution in [0.1, 0.15) is 45.2 Å². The normalized spacial score (nSPS) is 18.1. The number of benzene rings is 1. The van der Waals surface area contributed by atoms with Crippen LogP contribution in [-0.4, -0.2) is 24.9 Å². The van der Waals surface area contributed by atoms with Crippen molar-refractivity contribution in [3.63, 3.8) is 0 Å². The third-order valence-corrected chi connectivity index (χ3v) is 7.13. The van der Waals surface area contributed by atoms with Crippen LogP contribution >= 0.6 is 11.8 Å². The van der Waals surface area contributed by atoms with Crippen molar-refractivity contribution < 1.29 is 0 Å². The summed E-state index contributed by atoms with van der Waals surface area (Å²) in [5.74, 6) is 2.00. The highest BCUT2D eigenvalue weighted by molar-refractivity contribution is 7.99. The van der Waals surface area contributed by atoms with E-state index in [0.29, 0.717) is 23.4 Å². The smallest absolute Gasteiger partial charge is 0.265 e. The largest absolute Gasteiger partial charge is 0.268 e. The zero-order chi connectivity index (χ0) is 20.8. The molecule has 2 aromatic heterocycles. The highest BCUT2D eigenvalue weighted by atomic mass is 32.2. The number of hydrogen-bond donors (Lipinski definition) is 0. The summed E-state index contributed by atoms with van der Waals surface area (Å²) in [5, 5.41) is 5.44. The van der Waals surface area contributed by atoms with Gasteiger partial charge in [-0.15, -0.1) is 11.7 Å². The molecular formula is C23H28N4OS. The Morgan fingerprint density at radius 1 is 1.34 bits per heavy atom. The number of nitrogens with zero attached hydrogens (tertiary/aromatic N) is 4. The van der Waals surface area contributed by atoms with Gasteiger partial charge in [0.05, 0.1) is 17.8 Å². The molecule has 5 nitrogen and oxygen atoms in total. The van der Waals surface area contributed by atoms with Gasteiger partial charge in [0.2, 0.25) is 5.78 Å². The summed E-state index contributed by atoms with van der Waals surface area (Å²) in [7, 11) is 0. The number of thioether (sulfide) groups is 1. The summed E-state index contributed by atoms with van der Waals surface area (Å²) < 4.78 is 3.51. The summed E-state index contributed by atoms with van der Waals surface area (Å²) in [4.78, 5) is 18.9. The van der Waals surface area contributed by atoms with Gasteiger partial charge in [0.1, 0.15) is 0 Å². The van der Waals surface area contributed by atoms with E-state index in [4.69, 9.17) is 10.1 Å². The lowest BCUT2D eigenvalue weighted by Gasteiger charge is -2.35. The van der Waals surface area contributed by atoms with Crippen molar-refractivity contribution in [3.05, 3.63) is 58.4 Å². The monoisotopic (exact) mass is 408 g/mol. The van der Waals surface area contributed by atoms with Gasteiger partial charge in [0, 0.05) is 16.7 Å². The molecule has 1 aliphatic rings. The molecule has 1 aliphatic carbocycles. The number of hydrogen-bond acceptors (Lipinski definition) is 4. The number of rotatable bonds is 6. The fraction of sp³-hybridized carbons (Fsp3) is 0.435. The van der Waals surface area contributed by atoms with Crippen molar-refractivity contribution >= 4 is 17.5 Å². The van der Waals surface area contributed by atoms with E-state index in [1.54, 1.807) is 26.9 Å². The molecule has 0 unspecified atom stereocenters. The molecule has 0 amide bonds. The highest BCUT2D eigenvalue weighted by Gasteiger charge is 2.38. The first-order valence-corrected chi connectivity index (χ1v) is 11.2. The predicted molar refractivity (Wildman–Crippen MR) is 120 cm³/mol. The van der Waals surface area contributed by atoms with Crippen molar-refractivity contribution in [2.24, 2.45) is 5.92 Å². The van der Waals surface area contributed by atoms with Crippen molar-refractivity contribution in [1.82, 2.24) is 19.2 Å². The van der Waals surface area contributed by atoms with Gasteiger partial charge in [0.15, 0.2) is 5.16 Å². The number of allylic oxidation sites excluding steroid dienone is 1. The number of fused-ring (bicyclic) bond motifs is 4. The van der Waals surface area contributed by atoms with Crippen LogP contribution in [0.4, 0.5) is 0 Å². The number of aromatic nitrogens is 4. The Hall–Kier alpha value is -2.34. The van der Waals surface area contributed by atoms with E-state index in [1.807, 2.05) is 6.07 Å². The van der Waals surface area contributed by atoms with Gasteiger partial charge in [-0.3, -0.25) is 4.79 Å². The third-order valence-electron chi connectivity index (χ3n) is 5.78. The van der Waals surface area contributed by atoms with Crippen LogP contribution in [0.15, 0.2) is 46.9 Å². The van der Waals surface area contributed by atoms with Crippen molar-refractivity contribution in [1.29, 1.82) is 0 Å². The molecule has 2 heterocycles. The molecule has 1 atom stereocenters. The van der Waals surface area contributed by atoms with Gasteiger partial charge in [-0.1, -0.05) is 69.8 Å². The zero-order valence-electron chi connectivity index (χ0n) is 17.6. The van der Waals surface area contributed by atoms with Crippen LogP contribution in [0.25, 0.3) is 17.0 Å². The zero-order valence-corrected chi connectivity index (χ0v) is 18.4. The molecule has 0 saturated carbocycles. The van der Waals surface area contributed by atoms with E-state index in [-0.39, 0.29) is 11.0 Å². The molecule has 0 N–H and O–H groups in total. The summed E-state index contributed by atoms with van der Waals surface area (Å²) in [6.45, 7) is 13.0. The molecule has 6 heteroatoms. The van der Waals surface area contributed by atoms with Crippen molar-refractivity contribution in [3.8, 4) is 11.3 Å². The van der Waals surface area contributed by atoms with Gasteiger partial charge in [0.25, 0.3) is 5.56 Å². The van der Waals surface area contributed by atoms with Gasteiger partial charge >= 0.3 is 0 Å². The second kappa shape index (κ2) is 7.48. The minimum Gasteiger partial charge on any atom is -0.268 e. The van der Waals surface area contributed by atoms with Crippen LogP contribution in [-0.2, 0) is 18.4 Å². The molecule has 4 rings (SSSR count). The maximum atomic E-state index is 13.9. The van der Waals surface area contributed by atoms with Crippen LogP contribution in [0.2, 0.25) is 0 Å². The average Bonchev–Trinajstić information content (AvgIpc) is 3.04. The summed E-state index contributed by atoms with van der Waals surface area (Å²) in [6, 6.07) is 8.31. The molecule has 0 fully saturated rings. The molecule has 0 aliphatic heterocycles. The highest BCUT2D eigenvalue weighted by Crippen LogP contribution is 2.42. The third kappa shape index (κ3) is 3.23. The Morgan fingerprint density at radius 2 is 2.10 bits per heavy atom. The van der Waals surface area contributed by atoms with Crippen molar-refractivity contribution in [2.45, 2.75) is 57.7 Å². The molecule has 0 saturated heterocycles. The van der Waals surface area contributed by atoms with Crippen LogP contribution < -0.4 is 5.56 Å². The van der Waals surface area contributed by atoms with Crippen LogP contribution in [0, 0.1) is 5.92 Å². The maximum Gasteiger partial charge on any atom is 0.265 e. The topological polar surface area (TPSA) is 52.2 Å². The Morgan fingerprint density at radius 3 is 2.79 bits per heavy atom. The maximum absolute atomic E-state index is 13.9. The molecular weight excluding hydrogens is 380 g/mol. The molecule has 3 aromatic rings. The molecule has 29 heavy (non-hydrogen) atoms. The Kier molecular flexibility index (Phi) is 5.15. The standard InChI is InChI=1S/C23H28N4OS/c1-6-12-26-21-24-19-17-11-9-8-10-16(17)13-23(5,7-2)18(19)20(28)27(21)22(25-26)29-14-15(3)4/h6,8-11,15H,1,7,12-14H2,2-5H3/t23-/m0/s1. The molecule has 1 aromatic carbocycles. The molecule has 0 radical (unpaired) electrons. The van der Waals surface area contributed by atoms with E-state index in [0.717, 1.165) is 35.4 Å². The second-order valence-corrected chi connectivity index (χ2v) is 9.47. The first kappa shape index (κ1) is 20.0. The predicted octanol–water partition coefficient (Wildman–Crippen LogP) is 4.72. The lowest BCUT2D eigenvalue weighted by molar-refractivity contribution is 0.439. The lowest BCUT2D eigenvalue weighted by Crippen LogP contribution is -2.37. The lowest BCUT2D eigenvalue weighted by atomic mass is 9.69. The minimum atomic E-state index is -0.241. The van der Waals surface area contributed by atoms with Gasteiger partial charge in [-0.25, -0.2) is 14.1 Å². The fourth-order valence-corrected chi connectivity index (χ4v) is 5.01. The second-order valence-electron chi connectivity index (χ2n) is 8.48. The van der Waals surface area contributed by atoms with Gasteiger partial charge in [-0.2, -0.15) is 0 Å². The summed E-state index contributed by atoms with van der Waals surface area (Å²) in [6.07, 6.45) is 3.52. The first-order valence-electron chi connectivity index (χ1n) is 10.3. The minimum absolute atomic E-state index is 0.0189. The quantitative estimate of drug-likeness (QED) is 0.438. The van der Waals surface area contributed by atoms with E-state index >= 15 is 0 Å². The average molecular weight is 409 g/mol. The Balaban J connectivity index is 2.06. The van der Waals surface area contributed by atoms with E-state index in [2.05, 4.69) is 52.5 Å². The summed E-state index contributed by atoms with van der Waals surface area (Å²) in [5.41, 5.74) is 3.73. The first-order chi connectivity index (χ1) is 13.9. The van der Waals surface area contributed by atoms with Gasteiger partial charge in [-0.05, 0) is 24.3 Å². The van der Waals surface area contributed by atoms with Crippen molar-refractivity contribution in [2.75, 3.05) is 5.75 Å². The van der Waals surface area contributed by atoms with Crippen LogP contribution in [0.3, 0.4) is 0 Å². The Labute approximate surface area is 175 Å².